The van der Waals surface area contributed by atoms with Crippen LogP contribution in [0.3, 0.4) is 0 Å². The first kappa shape index (κ1) is 19.7. The van der Waals surface area contributed by atoms with Crippen molar-refractivity contribution < 1.29 is 19.0 Å². The molecule has 2 aromatic heterocycles. The van der Waals surface area contributed by atoms with Gasteiger partial charge in [0.1, 0.15) is 13.2 Å². The zero-order valence-corrected chi connectivity index (χ0v) is 16.6. The number of ether oxygens (including phenoxy) is 3. The van der Waals surface area contributed by atoms with Gasteiger partial charge >= 0.3 is 6.09 Å². The fraction of sp³-hybridized carbons (Fsp3) is 0.333. The van der Waals surface area contributed by atoms with Gasteiger partial charge < -0.3 is 18.6 Å². The number of nitrogens with zero attached hydrogens (tertiary/aromatic N) is 2. The Kier molecular flexibility index (Phi) is 6.16. The van der Waals surface area contributed by atoms with E-state index in [2.05, 4.69) is 10.3 Å². The van der Waals surface area contributed by atoms with E-state index in [9.17, 15) is 4.79 Å². The first-order valence-electron chi connectivity index (χ1n) is 9.09. The molecule has 3 rings (SSSR count). The molecule has 0 unspecified atom stereocenters. The zero-order valence-electron chi connectivity index (χ0n) is 16.6. The molecule has 0 spiro atoms. The van der Waals surface area contributed by atoms with E-state index in [-0.39, 0.29) is 6.61 Å². The van der Waals surface area contributed by atoms with Crippen LogP contribution in [0.1, 0.15) is 22.5 Å². The molecule has 1 amide bonds. The number of pyridine rings is 1. The molecule has 0 saturated carbocycles. The third kappa shape index (κ3) is 4.26. The van der Waals surface area contributed by atoms with E-state index in [1.807, 2.05) is 61.7 Å². The van der Waals surface area contributed by atoms with Crippen molar-refractivity contribution in [1.82, 2.24) is 9.38 Å². The number of carbonyl (C=O) groups excluding carboxylic acids is 1. The van der Waals surface area contributed by atoms with E-state index >= 15 is 0 Å². The van der Waals surface area contributed by atoms with Crippen molar-refractivity contribution in [3.05, 3.63) is 59.0 Å². The Bertz CT molecular complexity index is 981. The van der Waals surface area contributed by atoms with Gasteiger partial charge in [0.2, 0.25) is 0 Å². The van der Waals surface area contributed by atoms with Crippen LogP contribution in [0.5, 0.6) is 5.75 Å². The van der Waals surface area contributed by atoms with E-state index in [0.717, 1.165) is 28.2 Å². The van der Waals surface area contributed by atoms with Crippen molar-refractivity contribution in [2.24, 2.45) is 0 Å². The average Bonchev–Trinajstić information content (AvgIpc) is 2.96. The SMILES string of the molecule is COCCOC(=O)Nc1cccc(C)c1COc1cccn2c(C)c(C)nc12. The normalized spacial score (nSPS) is 10.9. The van der Waals surface area contributed by atoms with Gasteiger partial charge in [0.25, 0.3) is 0 Å². The predicted octanol–water partition coefficient (Wildman–Crippen LogP) is 4.03. The molecule has 1 aromatic carbocycles. The fourth-order valence-electron chi connectivity index (χ4n) is 2.91. The summed E-state index contributed by atoms with van der Waals surface area (Å²) in [6, 6.07) is 9.51. The monoisotopic (exact) mass is 383 g/mol. The van der Waals surface area contributed by atoms with E-state index in [1.54, 1.807) is 7.11 Å². The van der Waals surface area contributed by atoms with E-state index in [4.69, 9.17) is 14.2 Å². The van der Waals surface area contributed by atoms with Gasteiger partial charge in [0.05, 0.1) is 18.0 Å². The van der Waals surface area contributed by atoms with Gasteiger partial charge in [-0.2, -0.15) is 0 Å². The van der Waals surface area contributed by atoms with Gasteiger partial charge in [-0.1, -0.05) is 12.1 Å². The van der Waals surface area contributed by atoms with Crippen LogP contribution in [0.15, 0.2) is 36.5 Å². The molecule has 0 aliphatic heterocycles. The minimum atomic E-state index is -0.523. The van der Waals surface area contributed by atoms with Crippen molar-refractivity contribution in [1.29, 1.82) is 0 Å². The number of amides is 1. The lowest BCUT2D eigenvalue weighted by atomic mass is 10.1. The number of carbonyl (C=O) groups is 1. The molecule has 0 atom stereocenters. The number of methoxy groups -OCH3 is 1. The van der Waals surface area contributed by atoms with Gasteiger partial charge in [-0.3, -0.25) is 5.32 Å². The fourth-order valence-corrected chi connectivity index (χ4v) is 2.91. The van der Waals surface area contributed by atoms with Crippen LogP contribution in [0.2, 0.25) is 0 Å². The molecule has 0 fully saturated rings. The Labute approximate surface area is 164 Å². The molecule has 28 heavy (non-hydrogen) atoms. The number of nitrogens with one attached hydrogen (secondary N) is 1. The van der Waals surface area contributed by atoms with Crippen molar-refractivity contribution in [3.63, 3.8) is 0 Å². The summed E-state index contributed by atoms with van der Waals surface area (Å²) >= 11 is 0. The summed E-state index contributed by atoms with van der Waals surface area (Å²) in [7, 11) is 1.56. The van der Waals surface area contributed by atoms with Crippen molar-refractivity contribution in [2.75, 3.05) is 25.6 Å². The van der Waals surface area contributed by atoms with Crippen LogP contribution >= 0.6 is 0 Å². The van der Waals surface area contributed by atoms with E-state index < -0.39 is 6.09 Å². The van der Waals surface area contributed by atoms with E-state index in [1.165, 1.54) is 0 Å². The number of rotatable bonds is 7. The Morgan fingerprint density at radius 3 is 2.75 bits per heavy atom. The number of fused-ring (bicyclic) bond motifs is 1. The summed E-state index contributed by atoms with van der Waals surface area (Å²) in [5, 5.41) is 2.78. The second kappa shape index (κ2) is 8.75. The number of aryl methyl sites for hydroxylation is 3. The lowest BCUT2D eigenvalue weighted by Gasteiger charge is -2.15. The van der Waals surface area contributed by atoms with Gasteiger partial charge in [-0.05, 0) is 44.5 Å². The number of hydrogen-bond acceptors (Lipinski definition) is 5. The van der Waals surface area contributed by atoms with Crippen molar-refractivity contribution >= 4 is 17.4 Å². The van der Waals surface area contributed by atoms with Crippen LogP contribution in [0.25, 0.3) is 5.65 Å². The second-order valence-electron chi connectivity index (χ2n) is 6.49. The first-order valence-corrected chi connectivity index (χ1v) is 9.09. The number of anilines is 1. The minimum absolute atomic E-state index is 0.195. The highest BCUT2D eigenvalue weighted by Gasteiger charge is 2.13. The molecule has 3 aromatic rings. The molecular formula is C21H25N3O4. The number of aromatic nitrogens is 2. The van der Waals surface area contributed by atoms with Crippen molar-refractivity contribution in [3.8, 4) is 5.75 Å². The molecule has 1 N–H and O–H groups in total. The minimum Gasteiger partial charge on any atom is -0.485 e. The molecule has 0 saturated heterocycles. The van der Waals surface area contributed by atoms with E-state index in [0.29, 0.717) is 24.7 Å². The molecule has 2 heterocycles. The summed E-state index contributed by atoms with van der Waals surface area (Å²) in [5.41, 5.74) is 5.38. The van der Waals surface area contributed by atoms with Gasteiger partial charge in [0.15, 0.2) is 11.4 Å². The summed E-state index contributed by atoms with van der Waals surface area (Å²) in [6.45, 7) is 6.82. The molecule has 0 aliphatic rings. The maximum Gasteiger partial charge on any atom is 0.411 e. The highest BCUT2D eigenvalue weighted by atomic mass is 16.6. The zero-order chi connectivity index (χ0) is 20.1. The van der Waals surface area contributed by atoms with Crippen LogP contribution in [-0.4, -0.2) is 35.8 Å². The lowest BCUT2D eigenvalue weighted by Crippen LogP contribution is -2.18. The average molecular weight is 383 g/mol. The second-order valence-corrected chi connectivity index (χ2v) is 6.49. The Balaban J connectivity index is 1.78. The maximum atomic E-state index is 12.0. The van der Waals surface area contributed by atoms with Gasteiger partial charge in [-0.15, -0.1) is 0 Å². The first-order chi connectivity index (χ1) is 13.5. The summed E-state index contributed by atoms with van der Waals surface area (Å²) in [4.78, 5) is 16.6. The summed E-state index contributed by atoms with van der Waals surface area (Å²) in [6.07, 6.45) is 1.44. The maximum absolute atomic E-state index is 12.0. The molecule has 7 heteroatoms. The number of hydrogen-bond donors (Lipinski definition) is 1. The third-order valence-electron chi connectivity index (χ3n) is 4.63. The summed E-state index contributed by atoms with van der Waals surface area (Å²) in [5.74, 6) is 0.690. The van der Waals surface area contributed by atoms with Crippen LogP contribution < -0.4 is 10.1 Å². The molecule has 0 bridgehead atoms. The van der Waals surface area contributed by atoms with Gasteiger partial charge in [-0.25, -0.2) is 9.78 Å². The molecule has 0 aliphatic carbocycles. The quantitative estimate of drug-likeness (QED) is 0.624. The topological polar surface area (TPSA) is 74.1 Å². The van der Waals surface area contributed by atoms with Crippen LogP contribution in [0.4, 0.5) is 10.5 Å². The third-order valence-corrected chi connectivity index (χ3v) is 4.63. The van der Waals surface area contributed by atoms with Crippen LogP contribution in [-0.2, 0) is 16.1 Å². The van der Waals surface area contributed by atoms with Crippen LogP contribution in [0, 0.1) is 20.8 Å². The number of benzene rings is 1. The lowest BCUT2D eigenvalue weighted by molar-refractivity contribution is 0.107. The molecule has 0 radical (unpaired) electrons. The smallest absolute Gasteiger partial charge is 0.411 e. The molecule has 7 nitrogen and oxygen atoms in total. The number of imidazole rings is 1. The molecule has 148 valence electrons. The standard InChI is InChI=1S/C21H25N3O4/c1-14-7-5-8-18(23-21(25)27-12-11-26-4)17(14)13-28-19-9-6-10-24-16(3)15(2)22-20(19)24/h5-10H,11-13H2,1-4H3,(H,23,25). The summed E-state index contributed by atoms with van der Waals surface area (Å²) < 4.78 is 18.1. The Morgan fingerprint density at radius 2 is 1.96 bits per heavy atom. The predicted molar refractivity (Wildman–Crippen MR) is 107 cm³/mol. The molecular weight excluding hydrogens is 358 g/mol. The largest absolute Gasteiger partial charge is 0.485 e. The van der Waals surface area contributed by atoms with Gasteiger partial charge in [0, 0.05) is 24.6 Å². The van der Waals surface area contributed by atoms with Crippen molar-refractivity contribution in [2.45, 2.75) is 27.4 Å². The Morgan fingerprint density at radius 1 is 1.14 bits per heavy atom. The highest BCUT2D eigenvalue weighted by molar-refractivity contribution is 5.86. The highest BCUT2D eigenvalue weighted by Crippen LogP contribution is 2.25. The Hall–Kier alpha value is -3.06.